The second-order valence-corrected chi connectivity index (χ2v) is 9.54. The number of carbonyl (C=O) groups is 2. The van der Waals surface area contributed by atoms with Crippen molar-refractivity contribution in [3.63, 3.8) is 0 Å². The summed E-state index contributed by atoms with van der Waals surface area (Å²) in [6, 6.07) is 0. The lowest BCUT2D eigenvalue weighted by molar-refractivity contribution is -0.135. The lowest BCUT2D eigenvalue weighted by atomic mass is 9.65. The number of hydrogen-bond acceptors (Lipinski definition) is 3. The molecule has 0 aromatic rings. The van der Waals surface area contributed by atoms with Crippen LogP contribution in [0.5, 0.6) is 0 Å². The normalized spacial score (nSPS) is 15.8. The molecule has 1 amide bonds. The van der Waals surface area contributed by atoms with Gasteiger partial charge in [0.25, 0.3) is 0 Å². The summed E-state index contributed by atoms with van der Waals surface area (Å²) in [6.45, 7) is 19.7. The molecule has 0 aliphatic heterocycles. The van der Waals surface area contributed by atoms with Crippen LogP contribution < -0.4 is 10.6 Å². The first-order valence-electron chi connectivity index (χ1n) is 9.67. The molecule has 0 rings (SSSR count). The molecule has 0 saturated carbocycles. The molecule has 0 aromatic carbocycles. The van der Waals surface area contributed by atoms with Gasteiger partial charge in [-0.1, -0.05) is 48.5 Å². The van der Waals surface area contributed by atoms with Gasteiger partial charge in [0.15, 0.2) is 0 Å². The third-order valence-electron chi connectivity index (χ3n) is 7.01. The lowest BCUT2D eigenvalue weighted by Gasteiger charge is -2.46. The van der Waals surface area contributed by atoms with Gasteiger partial charge in [0, 0.05) is 17.4 Å². The van der Waals surface area contributed by atoms with E-state index in [0.29, 0.717) is 5.92 Å². The Morgan fingerprint density at radius 3 is 1.96 bits per heavy atom. The molecule has 148 valence electrons. The van der Waals surface area contributed by atoms with Gasteiger partial charge in [-0.05, 0) is 57.0 Å². The molecule has 0 heterocycles. The molecular formula is C21H42N2O2. The molecule has 0 aliphatic rings. The van der Waals surface area contributed by atoms with Crippen LogP contribution in [0.4, 0.5) is 0 Å². The fourth-order valence-electron chi connectivity index (χ4n) is 3.02. The van der Waals surface area contributed by atoms with E-state index in [2.05, 4.69) is 52.2 Å². The van der Waals surface area contributed by atoms with Crippen molar-refractivity contribution in [3.05, 3.63) is 0 Å². The molecule has 2 atom stereocenters. The summed E-state index contributed by atoms with van der Waals surface area (Å²) >= 11 is 0. The summed E-state index contributed by atoms with van der Waals surface area (Å²) in [4.78, 5) is 24.6. The Morgan fingerprint density at radius 2 is 1.56 bits per heavy atom. The van der Waals surface area contributed by atoms with Gasteiger partial charge in [-0.25, -0.2) is 0 Å². The van der Waals surface area contributed by atoms with Crippen molar-refractivity contribution in [1.29, 1.82) is 0 Å². The van der Waals surface area contributed by atoms with Crippen molar-refractivity contribution in [3.8, 4) is 0 Å². The quantitative estimate of drug-likeness (QED) is 0.435. The highest BCUT2D eigenvalue weighted by molar-refractivity contribution is 5.80. The Labute approximate surface area is 155 Å². The van der Waals surface area contributed by atoms with E-state index in [1.54, 1.807) is 0 Å². The second-order valence-electron chi connectivity index (χ2n) is 9.54. The molecule has 0 fully saturated rings. The highest BCUT2D eigenvalue weighted by atomic mass is 16.2. The van der Waals surface area contributed by atoms with Crippen molar-refractivity contribution in [1.82, 2.24) is 10.6 Å². The van der Waals surface area contributed by atoms with Gasteiger partial charge in [-0.3, -0.25) is 4.79 Å². The van der Waals surface area contributed by atoms with Crippen molar-refractivity contribution in [2.75, 3.05) is 13.6 Å². The van der Waals surface area contributed by atoms with Crippen LogP contribution in [0.15, 0.2) is 0 Å². The topological polar surface area (TPSA) is 58.2 Å². The zero-order valence-corrected chi connectivity index (χ0v) is 18.2. The summed E-state index contributed by atoms with van der Waals surface area (Å²) in [5.74, 6) is 0.319. The maximum absolute atomic E-state index is 13.2. The monoisotopic (exact) mass is 354 g/mol. The molecule has 0 saturated heterocycles. The van der Waals surface area contributed by atoms with Crippen LogP contribution in [-0.4, -0.2) is 31.3 Å². The highest BCUT2D eigenvalue weighted by Crippen LogP contribution is 2.41. The summed E-state index contributed by atoms with van der Waals surface area (Å²) in [6.07, 6.45) is 2.81. The smallest absolute Gasteiger partial charge is 0.224 e. The van der Waals surface area contributed by atoms with E-state index >= 15 is 0 Å². The molecule has 0 aliphatic carbocycles. The van der Waals surface area contributed by atoms with Gasteiger partial charge in [-0.2, -0.15) is 0 Å². The molecule has 0 spiro atoms. The van der Waals surface area contributed by atoms with Crippen LogP contribution in [0.2, 0.25) is 0 Å². The van der Waals surface area contributed by atoms with Gasteiger partial charge < -0.3 is 15.4 Å². The minimum absolute atomic E-state index is 0.0533. The minimum Gasteiger partial charge on any atom is -0.350 e. The third-order valence-corrected chi connectivity index (χ3v) is 7.01. The first-order chi connectivity index (χ1) is 11.3. The number of rotatable bonds is 11. The predicted octanol–water partition coefficient (Wildman–Crippen LogP) is 4.04. The van der Waals surface area contributed by atoms with E-state index in [4.69, 9.17) is 0 Å². The zero-order valence-electron chi connectivity index (χ0n) is 18.2. The van der Waals surface area contributed by atoms with Crippen molar-refractivity contribution >= 4 is 12.2 Å². The van der Waals surface area contributed by atoms with Crippen LogP contribution >= 0.6 is 0 Å². The first kappa shape index (κ1) is 24.1. The van der Waals surface area contributed by atoms with Crippen LogP contribution in [0.1, 0.15) is 75.2 Å². The third kappa shape index (κ3) is 5.80. The Morgan fingerprint density at radius 1 is 1.04 bits per heavy atom. The number of carbonyl (C=O) groups excluding carboxylic acids is 2. The average molecular weight is 355 g/mol. The highest BCUT2D eigenvalue weighted by Gasteiger charge is 2.45. The van der Waals surface area contributed by atoms with Crippen molar-refractivity contribution in [2.24, 2.45) is 28.6 Å². The maximum Gasteiger partial charge on any atom is 0.224 e. The van der Waals surface area contributed by atoms with Crippen LogP contribution in [0.25, 0.3) is 0 Å². The predicted molar refractivity (Wildman–Crippen MR) is 107 cm³/mol. The Balaban J connectivity index is 5.47. The second kappa shape index (κ2) is 9.16. The number of amides is 1. The molecular weight excluding hydrogens is 312 g/mol. The minimum atomic E-state index is -0.473. The summed E-state index contributed by atoms with van der Waals surface area (Å²) in [7, 11) is 1.94. The van der Waals surface area contributed by atoms with Gasteiger partial charge in [0.2, 0.25) is 5.91 Å². The van der Waals surface area contributed by atoms with E-state index in [9.17, 15) is 9.59 Å². The fourth-order valence-corrected chi connectivity index (χ4v) is 3.02. The summed E-state index contributed by atoms with van der Waals surface area (Å²) in [5.41, 5.74) is -0.894. The van der Waals surface area contributed by atoms with Crippen molar-refractivity contribution < 1.29 is 9.59 Å². The van der Waals surface area contributed by atoms with Gasteiger partial charge in [0.1, 0.15) is 6.29 Å². The molecule has 25 heavy (non-hydrogen) atoms. The van der Waals surface area contributed by atoms with E-state index in [0.717, 1.165) is 25.7 Å². The molecule has 2 unspecified atom stereocenters. The Bertz CT molecular complexity index is 439. The largest absolute Gasteiger partial charge is 0.350 e. The van der Waals surface area contributed by atoms with Crippen LogP contribution in [0.3, 0.4) is 0 Å². The maximum atomic E-state index is 13.2. The molecule has 4 nitrogen and oxygen atoms in total. The van der Waals surface area contributed by atoms with E-state index in [1.807, 2.05) is 27.8 Å². The number of aldehydes is 1. The SMILES string of the molecule is CNCCCC(C(=O)NC(C)(C)C(C)(C)C(C)C=O)C(C)(C)C(C)C. The molecule has 0 aromatic heterocycles. The standard InChI is InChI=1S/C21H42N2O2/c1-15(2)19(4,5)17(12-11-13-22-10)18(25)23-21(8,9)20(6,7)16(3)14-24/h14-17,22H,11-13H2,1-10H3,(H,23,25). The van der Waals surface area contributed by atoms with Gasteiger partial charge >= 0.3 is 0 Å². The Kier molecular flexibility index (Phi) is 8.83. The summed E-state index contributed by atoms with van der Waals surface area (Å²) in [5, 5.41) is 6.45. The van der Waals surface area contributed by atoms with Crippen LogP contribution in [0, 0.1) is 28.6 Å². The van der Waals surface area contributed by atoms with Gasteiger partial charge in [0.05, 0.1) is 0 Å². The lowest BCUT2D eigenvalue weighted by Crippen LogP contribution is -2.58. The van der Waals surface area contributed by atoms with E-state index in [1.165, 1.54) is 0 Å². The van der Waals surface area contributed by atoms with Crippen LogP contribution in [-0.2, 0) is 9.59 Å². The van der Waals surface area contributed by atoms with E-state index in [-0.39, 0.29) is 28.6 Å². The average Bonchev–Trinajstić information content (AvgIpc) is 2.49. The molecule has 0 bridgehead atoms. The fraction of sp³-hybridized carbons (Fsp3) is 0.905. The van der Waals surface area contributed by atoms with Crippen molar-refractivity contribution in [2.45, 2.75) is 80.7 Å². The first-order valence-corrected chi connectivity index (χ1v) is 9.67. The Hall–Kier alpha value is -0.900. The molecule has 2 N–H and O–H groups in total. The van der Waals surface area contributed by atoms with Gasteiger partial charge in [-0.15, -0.1) is 0 Å². The number of nitrogens with one attached hydrogen (secondary N) is 2. The van der Waals surface area contributed by atoms with E-state index < -0.39 is 5.54 Å². The number of hydrogen-bond donors (Lipinski definition) is 2. The molecule has 0 radical (unpaired) electrons. The zero-order chi connectivity index (χ0) is 20.1. The molecule has 4 heteroatoms. The summed E-state index contributed by atoms with van der Waals surface area (Å²) < 4.78 is 0.